The molecule has 9 nitrogen and oxygen atoms in total. The molecule has 0 amide bonds. The van der Waals surface area contributed by atoms with Crippen LogP contribution in [-0.2, 0) is 4.74 Å². The number of hydrogen-bond acceptors (Lipinski definition) is 9. The smallest absolute Gasteiger partial charge is 0.229 e. The molecule has 28 heavy (non-hydrogen) atoms. The van der Waals surface area contributed by atoms with Gasteiger partial charge in [-0.05, 0) is 0 Å². The summed E-state index contributed by atoms with van der Waals surface area (Å²) in [5.41, 5.74) is -0.0527. The van der Waals surface area contributed by atoms with Crippen molar-refractivity contribution in [3.8, 4) is 17.2 Å². The van der Waals surface area contributed by atoms with Crippen molar-refractivity contribution in [3.05, 3.63) is 53.6 Å². The third kappa shape index (κ3) is 3.79. The maximum absolute atomic E-state index is 12.8. The summed E-state index contributed by atoms with van der Waals surface area (Å²) in [6.45, 7) is -0.661. The Morgan fingerprint density at radius 2 is 1.68 bits per heavy atom. The van der Waals surface area contributed by atoms with E-state index >= 15 is 0 Å². The molecule has 1 saturated heterocycles. The average Bonchev–Trinajstić information content (AvgIpc) is 2.68. The monoisotopic (exact) mass is 392 g/mol. The van der Waals surface area contributed by atoms with Gasteiger partial charge in [0.15, 0.2) is 0 Å². The minimum Gasteiger partial charge on any atom is -0.508 e. The molecule has 1 heterocycles. The number of aliphatic hydroxyl groups excluding tert-OH is 4. The van der Waals surface area contributed by atoms with Crippen LogP contribution in [0.2, 0.25) is 0 Å². The van der Waals surface area contributed by atoms with Crippen LogP contribution in [-0.4, -0.2) is 73.7 Å². The molecule has 0 saturated carbocycles. The lowest BCUT2D eigenvalue weighted by Crippen LogP contribution is -2.60. The van der Waals surface area contributed by atoms with Crippen LogP contribution >= 0.6 is 0 Å². The summed E-state index contributed by atoms with van der Waals surface area (Å²) in [5, 5.41) is 59.1. The fourth-order valence-electron chi connectivity index (χ4n) is 2.93. The van der Waals surface area contributed by atoms with Crippen LogP contribution in [0.3, 0.4) is 0 Å². The summed E-state index contributed by atoms with van der Waals surface area (Å²) in [6, 6.07) is 10.00. The van der Waals surface area contributed by atoms with E-state index in [1.807, 2.05) is 0 Å². The largest absolute Gasteiger partial charge is 0.508 e. The Hall–Kier alpha value is -2.69. The highest BCUT2D eigenvalue weighted by molar-refractivity contribution is 6.12. The first-order valence-corrected chi connectivity index (χ1v) is 8.46. The Bertz CT molecular complexity index is 837. The number of carbonyl (C=O) groups is 1. The van der Waals surface area contributed by atoms with Crippen molar-refractivity contribution in [1.29, 1.82) is 0 Å². The van der Waals surface area contributed by atoms with Gasteiger partial charge in [-0.25, -0.2) is 0 Å². The molecule has 1 fully saturated rings. The Morgan fingerprint density at radius 1 is 1.00 bits per heavy atom. The van der Waals surface area contributed by atoms with Crippen LogP contribution < -0.4 is 4.74 Å². The summed E-state index contributed by atoms with van der Waals surface area (Å²) >= 11 is 0. The van der Waals surface area contributed by atoms with E-state index in [0.29, 0.717) is 0 Å². The van der Waals surface area contributed by atoms with Gasteiger partial charge in [0.2, 0.25) is 12.1 Å². The second-order valence-electron chi connectivity index (χ2n) is 6.35. The van der Waals surface area contributed by atoms with Gasteiger partial charge >= 0.3 is 0 Å². The molecule has 0 unspecified atom stereocenters. The number of hydrogen-bond donors (Lipinski definition) is 6. The SMILES string of the molecule is O=C(c1ccccc1)c1c(O)cc(O)cc1O[C@H]1O[C@@H](CO)[C@H](O)[C@@H](O)[C@@H]1O. The first-order chi connectivity index (χ1) is 13.3. The highest BCUT2D eigenvalue weighted by Crippen LogP contribution is 2.36. The summed E-state index contributed by atoms with van der Waals surface area (Å²) in [5.74, 6) is -1.90. The summed E-state index contributed by atoms with van der Waals surface area (Å²) in [6.07, 6.45) is -7.79. The second kappa shape index (κ2) is 8.13. The van der Waals surface area contributed by atoms with Gasteiger partial charge in [-0.3, -0.25) is 4.79 Å². The maximum atomic E-state index is 12.8. The van der Waals surface area contributed by atoms with E-state index in [1.165, 1.54) is 12.1 Å². The zero-order chi connectivity index (χ0) is 20.4. The van der Waals surface area contributed by atoms with E-state index in [0.717, 1.165) is 12.1 Å². The number of phenolic OH excluding ortho intramolecular Hbond substituents is 2. The molecule has 150 valence electrons. The van der Waals surface area contributed by atoms with Crippen LogP contribution in [0.1, 0.15) is 15.9 Å². The van der Waals surface area contributed by atoms with Crippen molar-refractivity contribution in [2.75, 3.05) is 6.61 Å². The minimum absolute atomic E-state index is 0.238. The van der Waals surface area contributed by atoms with Crippen LogP contribution in [0, 0.1) is 0 Å². The molecule has 0 spiro atoms. The summed E-state index contributed by atoms with van der Waals surface area (Å²) in [7, 11) is 0. The predicted molar refractivity (Wildman–Crippen MR) is 94.0 cm³/mol. The van der Waals surface area contributed by atoms with Crippen LogP contribution in [0.4, 0.5) is 0 Å². The summed E-state index contributed by atoms with van der Waals surface area (Å²) in [4.78, 5) is 12.8. The number of phenols is 2. The van der Waals surface area contributed by atoms with Crippen LogP contribution in [0.5, 0.6) is 17.2 Å². The van der Waals surface area contributed by atoms with E-state index in [4.69, 9.17) is 9.47 Å². The molecule has 0 radical (unpaired) electrons. The number of ether oxygens (including phenoxy) is 2. The predicted octanol–water partition coefficient (Wildman–Crippen LogP) is -0.493. The van der Waals surface area contributed by atoms with Gasteiger partial charge in [-0.1, -0.05) is 30.3 Å². The Balaban J connectivity index is 1.97. The molecule has 9 heteroatoms. The standard InChI is InChI=1S/C19H20O9/c20-8-13-16(24)17(25)18(26)19(28-13)27-12-7-10(21)6-11(22)14(12)15(23)9-4-2-1-3-5-9/h1-7,13,16-22,24-26H,8H2/t13-,16-,17+,18-,19-/m0/s1. The molecule has 1 aliphatic heterocycles. The lowest BCUT2D eigenvalue weighted by Gasteiger charge is -2.39. The lowest BCUT2D eigenvalue weighted by atomic mass is 9.99. The number of carbonyl (C=O) groups excluding carboxylic acids is 1. The van der Waals surface area contributed by atoms with E-state index in [9.17, 15) is 35.4 Å². The Labute approximate surface area is 159 Å². The highest BCUT2D eigenvalue weighted by Gasteiger charge is 2.45. The van der Waals surface area contributed by atoms with Gasteiger partial charge in [-0.2, -0.15) is 0 Å². The normalized spacial score (nSPS) is 27.4. The first kappa shape index (κ1) is 20.1. The molecule has 0 aliphatic carbocycles. The van der Waals surface area contributed by atoms with Crippen LogP contribution in [0.15, 0.2) is 42.5 Å². The Morgan fingerprint density at radius 3 is 2.32 bits per heavy atom. The van der Waals surface area contributed by atoms with Gasteiger partial charge in [0.1, 0.15) is 47.2 Å². The second-order valence-corrected chi connectivity index (χ2v) is 6.35. The molecule has 5 atom stereocenters. The number of aliphatic hydroxyl groups is 4. The minimum atomic E-state index is -1.72. The van der Waals surface area contributed by atoms with Crippen LogP contribution in [0.25, 0.3) is 0 Å². The number of aromatic hydroxyl groups is 2. The average molecular weight is 392 g/mol. The zero-order valence-electron chi connectivity index (χ0n) is 14.5. The summed E-state index contributed by atoms with van der Waals surface area (Å²) < 4.78 is 10.7. The van der Waals surface area contributed by atoms with Crippen molar-refractivity contribution in [1.82, 2.24) is 0 Å². The molecule has 3 rings (SSSR count). The maximum Gasteiger partial charge on any atom is 0.229 e. The molecule has 6 N–H and O–H groups in total. The van der Waals surface area contributed by atoms with E-state index in [-0.39, 0.29) is 16.9 Å². The lowest BCUT2D eigenvalue weighted by molar-refractivity contribution is -0.277. The molecule has 0 bridgehead atoms. The molecule has 2 aromatic rings. The van der Waals surface area contributed by atoms with Crippen molar-refractivity contribution >= 4 is 5.78 Å². The molecular weight excluding hydrogens is 372 g/mol. The number of rotatable bonds is 5. The first-order valence-electron chi connectivity index (χ1n) is 8.46. The van der Waals surface area contributed by atoms with Gasteiger partial charge in [0.25, 0.3) is 0 Å². The zero-order valence-corrected chi connectivity index (χ0v) is 14.5. The van der Waals surface area contributed by atoms with Gasteiger partial charge in [0.05, 0.1) is 6.61 Å². The van der Waals surface area contributed by atoms with Crippen molar-refractivity contribution in [2.45, 2.75) is 30.7 Å². The molecular formula is C19H20O9. The number of ketones is 1. The molecule has 1 aliphatic rings. The number of benzene rings is 2. The van der Waals surface area contributed by atoms with Gasteiger partial charge < -0.3 is 40.1 Å². The van der Waals surface area contributed by atoms with Gasteiger partial charge in [0, 0.05) is 17.7 Å². The van der Waals surface area contributed by atoms with Crippen molar-refractivity contribution in [3.63, 3.8) is 0 Å². The van der Waals surface area contributed by atoms with E-state index in [2.05, 4.69) is 0 Å². The fraction of sp³-hybridized carbons (Fsp3) is 0.316. The Kier molecular flexibility index (Phi) is 5.82. The highest BCUT2D eigenvalue weighted by atomic mass is 16.7. The van der Waals surface area contributed by atoms with Crippen molar-refractivity contribution < 1.29 is 44.9 Å². The van der Waals surface area contributed by atoms with E-state index < -0.39 is 54.6 Å². The molecule has 0 aromatic heterocycles. The topological polar surface area (TPSA) is 157 Å². The van der Waals surface area contributed by atoms with Crippen molar-refractivity contribution in [2.24, 2.45) is 0 Å². The van der Waals surface area contributed by atoms with Gasteiger partial charge in [-0.15, -0.1) is 0 Å². The fourth-order valence-corrected chi connectivity index (χ4v) is 2.93. The van der Waals surface area contributed by atoms with E-state index in [1.54, 1.807) is 18.2 Å². The third-order valence-corrected chi connectivity index (χ3v) is 4.42. The quantitative estimate of drug-likeness (QED) is 0.369. The molecule has 2 aromatic carbocycles. The third-order valence-electron chi connectivity index (χ3n) is 4.42.